The number of benzene rings is 2. The van der Waals surface area contributed by atoms with Crippen molar-refractivity contribution >= 4 is 15.7 Å². The number of carbonyl (C=O) groups excluding carboxylic acids is 1. The molecular weight excluding hydrogens is 379 g/mol. The first-order valence-corrected chi connectivity index (χ1v) is 10.2. The van der Waals surface area contributed by atoms with E-state index < -0.39 is 38.4 Å². The van der Waals surface area contributed by atoms with Crippen molar-refractivity contribution in [2.75, 3.05) is 18.8 Å². The molecule has 1 heterocycles. The molecule has 144 valence electrons. The van der Waals surface area contributed by atoms with Gasteiger partial charge in [-0.15, -0.1) is 0 Å². The second kappa shape index (κ2) is 7.72. The summed E-state index contributed by atoms with van der Waals surface area (Å²) in [6.45, 7) is 0.0643. The van der Waals surface area contributed by atoms with Gasteiger partial charge in [-0.3, -0.25) is 4.79 Å². The van der Waals surface area contributed by atoms with Gasteiger partial charge in [0.05, 0.1) is 17.4 Å². The van der Waals surface area contributed by atoms with Crippen molar-refractivity contribution in [3.05, 3.63) is 71.0 Å². The molecule has 2 aromatic carbocycles. The Morgan fingerprint density at radius 3 is 2.48 bits per heavy atom. The predicted octanol–water partition coefficient (Wildman–Crippen LogP) is 3.03. The second-order valence-electron chi connectivity index (χ2n) is 6.46. The maximum absolute atomic E-state index is 14.1. The van der Waals surface area contributed by atoms with Crippen molar-refractivity contribution in [2.24, 2.45) is 0 Å². The molecule has 1 atom stereocenters. The van der Waals surface area contributed by atoms with Gasteiger partial charge in [0.25, 0.3) is 0 Å². The Bertz CT molecular complexity index is 962. The standard InChI is InChI=1S/C19H18F3NO3S/c20-14-6-5-13(17(22)12-14)11-19(24)23-8-7-18(27(25,26)10-9-23)15-3-1-2-4-16(15)21/h1-6,12,18H,7-11H2. The van der Waals surface area contributed by atoms with Crippen LogP contribution in [0.5, 0.6) is 0 Å². The topological polar surface area (TPSA) is 54.5 Å². The zero-order valence-corrected chi connectivity index (χ0v) is 15.2. The molecule has 1 unspecified atom stereocenters. The number of hydrogen-bond acceptors (Lipinski definition) is 3. The molecule has 2 aromatic rings. The molecule has 8 heteroatoms. The molecule has 0 radical (unpaired) electrons. The first kappa shape index (κ1) is 19.4. The summed E-state index contributed by atoms with van der Waals surface area (Å²) in [4.78, 5) is 13.8. The minimum absolute atomic E-state index is 0.0409. The van der Waals surface area contributed by atoms with E-state index in [-0.39, 0.29) is 42.8 Å². The quantitative estimate of drug-likeness (QED) is 0.800. The van der Waals surface area contributed by atoms with Crippen LogP contribution in [-0.4, -0.2) is 38.1 Å². The SMILES string of the molecule is O=C(Cc1ccc(F)cc1F)N1CCC(c2ccccc2F)S(=O)(=O)CC1. The van der Waals surface area contributed by atoms with Crippen molar-refractivity contribution in [2.45, 2.75) is 18.1 Å². The Balaban J connectivity index is 1.77. The first-order valence-electron chi connectivity index (χ1n) is 8.45. The van der Waals surface area contributed by atoms with Crippen LogP contribution in [0, 0.1) is 17.5 Å². The van der Waals surface area contributed by atoms with E-state index in [1.165, 1.54) is 29.2 Å². The predicted molar refractivity (Wildman–Crippen MR) is 94.2 cm³/mol. The number of amides is 1. The number of hydrogen-bond donors (Lipinski definition) is 0. The van der Waals surface area contributed by atoms with E-state index in [9.17, 15) is 26.4 Å². The molecule has 1 fully saturated rings. The van der Waals surface area contributed by atoms with E-state index in [4.69, 9.17) is 0 Å². The van der Waals surface area contributed by atoms with Crippen LogP contribution in [0.2, 0.25) is 0 Å². The van der Waals surface area contributed by atoms with E-state index >= 15 is 0 Å². The molecule has 1 saturated heterocycles. The van der Waals surface area contributed by atoms with Crippen LogP contribution < -0.4 is 0 Å². The van der Waals surface area contributed by atoms with Crippen molar-refractivity contribution < 1.29 is 26.4 Å². The highest BCUT2D eigenvalue weighted by Crippen LogP contribution is 2.31. The largest absolute Gasteiger partial charge is 0.341 e. The van der Waals surface area contributed by atoms with Crippen molar-refractivity contribution in [1.29, 1.82) is 0 Å². The van der Waals surface area contributed by atoms with Gasteiger partial charge in [0.2, 0.25) is 5.91 Å². The summed E-state index contributed by atoms with van der Waals surface area (Å²) in [5.74, 6) is -2.92. The van der Waals surface area contributed by atoms with Crippen LogP contribution >= 0.6 is 0 Å². The number of sulfone groups is 1. The molecule has 3 rings (SSSR count). The summed E-state index contributed by atoms with van der Waals surface area (Å²) in [6.07, 6.45) is -0.239. The van der Waals surface area contributed by atoms with Crippen LogP contribution in [0.3, 0.4) is 0 Å². The molecule has 27 heavy (non-hydrogen) atoms. The van der Waals surface area contributed by atoms with Gasteiger partial charge in [-0.25, -0.2) is 21.6 Å². The third kappa shape index (κ3) is 4.32. The van der Waals surface area contributed by atoms with E-state index in [1.807, 2.05) is 0 Å². The average Bonchev–Trinajstić information content (AvgIpc) is 2.76. The van der Waals surface area contributed by atoms with E-state index in [0.29, 0.717) is 6.07 Å². The lowest BCUT2D eigenvalue weighted by Crippen LogP contribution is -2.34. The summed E-state index contributed by atoms with van der Waals surface area (Å²) in [6, 6.07) is 8.64. The van der Waals surface area contributed by atoms with Gasteiger partial charge in [-0.1, -0.05) is 24.3 Å². The maximum atomic E-state index is 14.1. The third-order valence-corrected chi connectivity index (χ3v) is 6.81. The zero-order chi connectivity index (χ0) is 19.6. The molecule has 0 aliphatic carbocycles. The molecule has 0 N–H and O–H groups in total. The lowest BCUT2D eigenvalue weighted by atomic mass is 10.1. The van der Waals surface area contributed by atoms with E-state index in [2.05, 4.69) is 0 Å². The molecule has 1 amide bonds. The molecular formula is C19H18F3NO3S. The normalized spacial score (nSPS) is 19.5. The third-order valence-electron chi connectivity index (χ3n) is 4.70. The van der Waals surface area contributed by atoms with Crippen molar-refractivity contribution in [1.82, 2.24) is 4.90 Å². The first-order chi connectivity index (χ1) is 12.8. The molecule has 0 aromatic heterocycles. The van der Waals surface area contributed by atoms with Crippen LogP contribution in [-0.2, 0) is 21.1 Å². The molecule has 0 saturated carbocycles. The minimum Gasteiger partial charge on any atom is -0.341 e. The number of nitrogens with zero attached hydrogens (tertiary/aromatic N) is 1. The van der Waals surface area contributed by atoms with Crippen molar-refractivity contribution in [3.63, 3.8) is 0 Å². The van der Waals surface area contributed by atoms with Gasteiger partial charge in [0.1, 0.15) is 17.5 Å². The Morgan fingerprint density at radius 2 is 1.78 bits per heavy atom. The van der Waals surface area contributed by atoms with Gasteiger partial charge in [-0.2, -0.15) is 0 Å². The fourth-order valence-electron chi connectivity index (χ4n) is 3.22. The average molecular weight is 397 g/mol. The number of carbonyl (C=O) groups is 1. The van der Waals surface area contributed by atoms with Crippen LogP contribution in [0.15, 0.2) is 42.5 Å². The Labute approximate surface area is 155 Å². The summed E-state index contributed by atoms with van der Waals surface area (Å²) < 4.78 is 65.9. The lowest BCUT2D eigenvalue weighted by molar-refractivity contribution is -0.130. The Kier molecular flexibility index (Phi) is 5.55. The zero-order valence-electron chi connectivity index (χ0n) is 14.4. The van der Waals surface area contributed by atoms with Gasteiger partial charge in [0, 0.05) is 24.7 Å². The minimum atomic E-state index is -3.65. The van der Waals surface area contributed by atoms with Gasteiger partial charge in [-0.05, 0) is 24.1 Å². The van der Waals surface area contributed by atoms with Gasteiger partial charge >= 0.3 is 0 Å². The van der Waals surface area contributed by atoms with Crippen LogP contribution in [0.25, 0.3) is 0 Å². The Hall–Kier alpha value is -2.35. The van der Waals surface area contributed by atoms with E-state index in [1.54, 1.807) is 6.07 Å². The second-order valence-corrected chi connectivity index (χ2v) is 8.76. The fraction of sp³-hybridized carbons (Fsp3) is 0.316. The fourth-order valence-corrected chi connectivity index (χ4v) is 5.02. The molecule has 4 nitrogen and oxygen atoms in total. The highest BCUT2D eigenvalue weighted by molar-refractivity contribution is 7.91. The van der Waals surface area contributed by atoms with Crippen LogP contribution in [0.1, 0.15) is 22.8 Å². The number of halogens is 3. The number of rotatable bonds is 3. The molecule has 1 aliphatic rings. The maximum Gasteiger partial charge on any atom is 0.227 e. The summed E-state index contributed by atoms with van der Waals surface area (Å²) in [5, 5.41) is -1.03. The lowest BCUT2D eigenvalue weighted by Gasteiger charge is -2.20. The molecule has 0 spiro atoms. The molecule has 1 aliphatic heterocycles. The summed E-state index contributed by atoms with van der Waals surface area (Å²) in [7, 11) is -3.65. The van der Waals surface area contributed by atoms with Gasteiger partial charge in [0.15, 0.2) is 9.84 Å². The molecule has 0 bridgehead atoms. The van der Waals surface area contributed by atoms with Gasteiger partial charge < -0.3 is 4.90 Å². The van der Waals surface area contributed by atoms with E-state index in [0.717, 1.165) is 6.07 Å². The Morgan fingerprint density at radius 1 is 1.04 bits per heavy atom. The monoisotopic (exact) mass is 397 g/mol. The summed E-state index contributed by atoms with van der Waals surface area (Å²) >= 11 is 0. The highest BCUT2D eigenvalue weighted by Gasteiger charge is 2.34. The highest BCUT2D eigenvalue weighted by atomic mass is 32.2. The smallest absolute Gasteiger partial charge is 0.227 e. The van der Waals surface area contributed by atoms with Crippen LogP contribution in [0.4, 0.5) is 13.2 Å². The summed E-state index contributed by atoms with van der Waals surface area (Å²) in [5.41, 5.74) is 0.135. The van der Waals surface area contributed by atoms with Crippen molar-refractivity contribution in [3.8, 4) is 0 Å².